The lowest BCUT2D eigenvalue weighted by Crippen LogP contribution is -2.51. The van der Waals surface area contributed by atoms with Gasteiger partial charge in [-0.05, 0) is 31.6 Å². The van der Waals surface area contributed by atoms with Crippen LogP contribution in [0.5, 0.6) is 0 Å². The van der Waals surface area contributed by atoms with Crippen molar-refractivity contribution in [2.75, 3.05) is 13.2 Å². The number of carbonyl (C=O) groups excluding carboxylic acids is 2. The highest BCUT2D eigenvalue weighted by Crippen LogP contribution is 2.39. The smallest absolute Gasteiger partial charge is 0.404 e. The minimum Gasteiger partial charge on any atom is -0.481 e. The van der Waals surface area contributed by atoms with Crippen LogP contribution >= 0.6 is 0 Å². The van der Waals surface area contributed by atoms with Gasteiger partial charge in [-0.15, -0.1) is 0 Å². The first-order valence-corrected chi connectivity index (χ1v) is 7.17. The van der Waals surface area contributed by atoms with Gasteiger partial charge in [0, 0.05) is 18.5 Å². The van der Waals surface area contributed by atoms with Crippen LogP contribution in [-0.4, -0.2) is 53.3 Å². The lowest BCUT2D eigenvalue weighted by atomic mass is 9.88. The summed E-state index contributed by atoms with van der Waals surface area (Å²) >= 11 is 0. The first-order chi connectivity index (χ1) is 9.97. The van der Waals surface area contributed by atoms with Gasteiger partial charge in [0.1, 0.15) is 6.61 Å². The fraction of sp³-hybridized carbons (Fsp3) is 0.769. The van der Waals surface area contributed by atoms with Gasteiger partial charge in [0.25, 0.3) is 0 Å². The highest BCUT2D eigenvalue weighted by molar-refractivity contribution is 5.75. The topological polar surface area (TPSA) is 122 Å². The van der Waals surface area contributed by atoms with Gasteiger partial charge in [-0.25, -0.2) is 9.59 Å². The maximum absolute atomic E-state index is 12.2. The van der Waals surface area contributed by atoms with E-state index in [1.807, 2.05) is 4.90 Å². The summed E-state index contributed by atoms with van der Waals surface area (Å²) in [5, 5.41) is 11.6. The number of carboxylic acid groups (broad SMARTS) is 1. The molecule has 2 saturated heterocycles. The molecule has 2 aliphatic heterocycles. The van der Waals surface area contributed by atoms with E-state index in [0.717, 1.165) is 25.7 Å². The molecule has 2 bridgehead atoms. The van der Waals surface area contributed by atoms with E-state index in [9.17, 15) is 14.4 Å². The summed E-state index contributed by atoms with van der Waals surface area (Å²) < 4.78 is 4.55. The number of nitrogens with one attached hydrogen (secondary N) is 1. The third-order valence-corrected chi connectivity index (χ3v) is 4.15. The molecular weight excluding hydrogens is 278 g/mol. The molecule has 0 aliphatic carbocycles. The molecule has 2 atom stereocenters. The van der Waals surface area contributed by atoms with Gasteiger partial charge < -0.3 is 25.8 Å². The van der Waals surface area contributed by atoms with Crippen LogP contribution in [0.2, 0.25) is 0 Å². The molecule has 0 aromatic rings. The number of nitrogens with two attached hydrogens (primary N) is 1. The highest BCUT2D eigenvalue weighted by atomic mass is 16.5. The molecule has 0 aromatic carbocycles. The zero-order valence-corrected chi connectivity index (χ0v) is 11.8. The van der Waals surface area contributed by atoms with Crippen molar-refractivity contribution >= 4 is 18.1 Å². The molecule has 2 unspecified atom stereocenters. The lowest BCUT2D eigenvalue weighted by Gasteiger charge is -2.38. The Balaban J connectivity index is 1.81. The predicted molar refractivity (Wildman–Crippen MR) is 72.6 cm³/mol. The van der Waals surface area contributed by atoms with Gasteiger partial charge in [-0.3, -0.25) is 4.79 Å². The Morgan fingerprint density at radius 2 is 1.86 bits per heavy atom. The number of ether oxygens (including phenoxy) is 1. The van der Waals surface area contributed by atoms with Crippen molar-refractivity contribution < 1.29 is 24.2 Å². The lowest BCUT2D eigenvalue weighted by molar-refractivity contribution is -0.138. The number of amides is 3. The van der Waals surface area contributed by atoms with Crippen molar-refractivity contribution in [3.63, 3.8) is 0 Å². The number of primary amides is 1. The summed E-state index contributed by atoms with van der Waals surface area (Å²) in [6.07, 6.45) is 2.65. The molecule has 3 amide bonds. The second-order valence-electron chi connectivity index (χ2n) is 5.63. The summed E-state index contributed by atoms with van der Waals surface area (Å²) in [7, 11) is 0. The van der Waals surface area contributed by atoms with Crippen LogP contribution in [0.4, 0.5) is 9.59 Å². The Kier molecular flexibility index (Phi) is 4.87. The van der Waals surface area contributed by atoms with Crippen LogP contribution in [-0.2, 0) is 9.53 Å². The fourth-order valence-corrected chi connectivity index (χ4v) is 3.44. The van der Waals surface area contributed by atoms with Gasteiger partial charge in [-0.2, -0.15) is 0 Å². The number of nitrogens with zero attached hydrogens (tertiary/aromatic N) is 1. The van der Waals surface area contributed by atoms with Crippen LogP contribution < -0.4 is 11.1 Å². The largest absolute Gasteiger partial charge is 0.481 e. The minimum absolute atomic E-state index is 0.0475. The number of hydrogen-bond donors (Lipinski definition) is 3. The van der Waals surface area contributed by atoms with E-state index < -0.39 is 12.1 Å². The molecule has 0 spiro atoms. The van der Waals surface area contributed by atoms with E-state index in [1.165, 1.54) is 0 Å². The number of aliphatic carboxylic acids is 1. The molecule has 118 valence electrons. The molecule has 8 heteroatoms. The van der Waals surface area contributed by atoms with Crippen molar-refractivity contribution in [2.45, 2.75) is 44.2 Å². The Hall–Kier alpha value is -1.99. The average Bonchev–Trinajstić information content (AvgIpc) is 2.65. The standard InChI is InChI=1S/C13H21N3O5/c14-12(19)21-4-3-15-13(20)16-9-1-2-10(16)6-8(5-9)7-11(17)18/h8-10H,1-7H2,(H2,14,19)(H,15,20)(H,17,18). The van der Waals surface area contributed by atoms with Crippen LogP contribution in [0.25, 0.3) is 0 Å². The molecule has 0 radical (unpaired) electrons. The van der Waals surface area contributed by atoms with Crippen LogP contribution in [0.1, 0.15) is 32.1 Å². The van der Waals surface area contributed by atoms with Crippen molar-refractivity contribution in [1.29, 1.82) is 0 Å². The average molecular weight is 299 g/mol. The van der Waals surface area contributed by atoms with Crippen LogP contribution in [0, 0.1) is 5.92 Å². The molecule has 2 rings (SSSR count). The number of piperidine rings is 1. The Morgan fingerprint density at radius 3 is 2.38 bits per heavy atom. The summed E-state index contributed by atoms with van der Waals surface area (Å²) in [6.45, 7) is 0.266. The molecule has 21 heavy (non-hydrogen) atoms. The second kappa shape index (κ2) is 6.64. The molecule has 2 fully saturated rings. The van der Waals surface area contributed by atoms with E-state index in [1.54, 1.807) is 0 Å². The fourth-order valence-electron chi connectivity index (χ4n) is 3.44. The number of hydrogen-bond acceptors (Lipinski definition) is 4. The minimum atomic E-state index is -0.862. The third kappa shape index (κ3) is 3.99. The monoisotopic (exact) mass is 299 g/mol. The van der Waals surface area contributed by atoms with Gasteiger partial charge in [0.15, 0.2) is 0 Å². The SMILES string of the molecule is NC(=O)OCCNC(=O)N1C2CCC1CC(CC(=O)O)C2. The summed E-state index contributed by atoms with van der Waals surface area (Å²) in [5.74, 6) is -0.622. The molecule has 2 heterocycles. The molecule has 8 nitrogen and oxygen atoms in total. The maximum atomic E-state index is 12.2. The van der Waals surface area contributed by atoms with Gasteiger partial charge in [0.2, 0.25) is 0 Å². The van der Waals surface area contributed by atoms with E-state index >= 15 is 0 Å². The maximum Gasteiger partial charge on any atom is 0.404 e. The van der Waals surface area contributed by atoms with E-state index in [2.05, 4.69) is 10.1 Å². The number of urea groups is 1. The second-order valence-corrected chi connectivity index (χ2v) is 5.63. The third-order valence-electron chi connectivity index (χ3n) is 4.15. The van der Waals surface area contributed by atoms with Crippen LogP contribution in [0.15, 0.2) is 0 Å². The van der Waals surface area contributed by atoms with Gasteiger partial charge in [-0.1, -0.05) is 0 Å². The number of rotatable bonds is 5. The predicted octanol–water partition coefficient (Wildman–Crippen LogP) is 0.509. The zero-order chi connectivity index (χ0) is 15.4. The van der Waals surface area contributed by atoms with Gasteiger partial charge in [0.05, 0.1) is 6.54 Å². The van der Waals surface area contributed by atoms with Crippen molar-refractivity contribution in [1.82, 2.24) is 10.2 Å². The Bertz CT molecular complexity index is 414. The Labute approximate surface area is 122 Å². The Morgan fingerprint density at radius 1 is 1.24 bits per heavy atom. The number of carboxylic acids is 1. The summed E-state index contributed by atoms with van der Waals surface area (Å²) in [6, 6.07) is 0.0552. The van der Waals surface area contributed by atoms with Crippen molar-refractivity contribution in [2.24, 2.45) is 11.7 Å². The first-order valence-electron chi connectivity index (χ1n) is 7.17. The molecule has 0 saturated carbocycles. The normalized spacial score (nSPS) is 27.2. The summed E-state index contributed by atoms with van der Waals surface area (Å²) in [5.41, 5.74) is 4.83. The molecule has 2 aliphatic rings. The molecular formula is C13H21N3O5. The number of carbonyl (C=O) groups is 3. The van der Waals surface area contributed by atoms with Crippen LogP contribution in [0.3, 0.4) is 0 Å². The highest BCUT2D eigenvalue weighted by Gasteiger charge is 2.43. The molecule has 4 N–H and O–H groups in total. The van der Waals surface area contributed by atoms with E-state index in [0.29, 0.717) is 0 Å². The quantitative estimate of drug-likeness (QED) is 0.638. The van der Waals surface area contributed by atoms with E-state index in [-0.39, 0.29) is 43.6 Å². The first kappa shape index (κ1) is 15.4. The van der Waals surface area contributed by atoms with Gasteiger partial charge >= 0.3 is 18.1 Å². The van der Waals surface area contributed by atoms with Crippen molar-refractivity contribution in [3.8, 4) is 0 Å². The summed E-state index contributed by atoms with van der Waals surface area (Å²) in [4.78, 5) is 35.2. The van der Waals surface area contributed by atoms with Crippen molar-refractivity contribution in [3.05, 3.63) is 0 Å². The van der Waals surface area contributed by atoms with E-state index in [4.69, 9.17) is 10.8 Å². The molecule has 0 aromatic heterocycles. The zero-order valence-electron chi connectivity index (χ0n) is 11.8. The number of fused-ring (bicyclic) bond motifs is 2.